The van der Waals surface area contributed by atoms with Gasteiger partial charge >= 0.3 is 0 Å². The Kier molecular flexibility index (Phi) is 6.99. The summed E-state index contributed by atoms with van der Waals surface area (Å²) in [5, 5.41) is 2.92. The number of rotatable bonds is 7. The Hall–Kier alpha value is -2.12. The lowest BCUT2D eigenvalue weighted by Gasteiger charge is -2.14. The Morgan fingerprint density at radius 1 is 1.27 bits per heavy atom. The van der Waals surface area contributed by atoms with E-state index in [2.05, 4.69) is 15.3 Å². The van der Waals surface area contributed by atoms with Crippen LogP contribution < -0.4 is 10.9 Å². The number of hydrogen-bond acceptors (Lipinski definition) is 5. The first-order valence-electron chi connectivity index (χ1n) is 8.51. The Morgan fingerprint density at radius 2 is 2.00 bits per heavy atom. The number of hydrogen-bond donors (Lipinski definition) is 2. The number of nitrogens with one attached hydrogen (secondary N) is 2. The number of benzene rings is 1. The summed E-state index contributed by atoms with van der Waals surface area (Å²) in [5.41, 5.74) is 3.16. The molecule has 0 saturated heterocycles. The summed E-state index contributed by atoms with van der Waals surface area (Å²) in [6.45, 7) is 9.81. The molecule has 0 radical (unpaired) electrons. The van der Waals surface area contributed by atoms with E-state index in [9.17, 15) is 9.59 Å². The standard InChI is InChI=1S/C19H25N3O3S/c1-11(2)25-10-15-9-17(23)22-19(20-15)26-14(5)18(24)21-16-8-12(3)6-7-13(16)4/h6-9,11,14H,10H2,1-5H3,(H,21,24)(H,20,22,23). The molecule has 0 aliphatic carbocycles. The van der Waals surface area contributed by atoms with E-state index in [1.165, 1.54) is 17.8 Å². The molecule has 1 atom stereocenters. The number of H-pyrrole nitrogens is 1. The molecule has 26 heavy (non-hydrogen) atoms. The maximum Gasteiger partial charge on any atom is 0.251 e. The average Bonchev–Trinajstić information content (AvgIpc) is 2.55. The maximum absolute atomic E-state index is 12.5. The van der Waals surface area contributed by atoms with E-state index >= 15 is 0 Å². The number of ether oxygens (including phenoxy) is 1. The molecule has 1 unspecified atom stereocenters. The Labute approximate surface area is 157 Å². The van der Waals surface area contributed by atoms with Crippen LogP contribution in [0, 0.1) is 13.8 Å². The number of thioether (sulfide) groups is 1. The summed E-state index contributed by atoms with van der Waals surface area (Å²) in [6, 6.07) is 7.32. The molecule has 1 aromatic carbocycles. The van der Waals surface area contributed by atoms with E-state index in [1.54, 1.807) is 6.92 Å². The SMILES string of the molecule is Cc1ccc(C)c(NC(=O)C(C)Sc2nc(COC(C)C)cc(=O)[nH]2)c1. The minimum absolute atomic E-state index is 0.0504. The molecule has 0 fully saturated rings. The summed E-state index contributed by atoms with van der Waals surface area (Å²) in [5.74, 6) is -0.143. The highest BCUT2D eigenvalue weighted by molar-refractivity contribution is 8.00. The van der Waals surface area contributed by atoms with Crippen molar-refractivity contribution in [1.29, 1.82) is 0 Å². The third-order valence-electron chi connectivity index (χ3n) is 3.65. The van der Waals surface area contributed by atoms with Crippen molar-refractivity contribution < 1.29 is 9.53 Å². The van der Waals surface area contributed by atoms with Crippen LogP contribution in [0.2, 0.25) is 0 Å². The third kappa shape index (κ3) is 6.00. The minimum Gasteiger partial charge on any atom is -0.373 e. The molecule has 6 nitrogen and oxygen atoms in total. The van der Waals surface area contributed by atoms with Gasteiger partial charge in [-0.1, -0.05) is 23.9 Å². The van der Waals surface area contributed by atoms with Crippen LogP contribution in [0.3, 0.4) is 0 Å². The smallest absolute Gasteiger partial charge is 0.251 e. The lowest BCUT2D eigenvalue weighted by molar-refractivity contribution is -0.115. The van der Waals surface area contributed by atoms with Crippen molar-refractivity contribution in [3.63, 3.8) is 0 Å². The number of amides is 1. The van der Waals surface area contributed by atoms with E-state index in [-0.39, 0.29) is 24.2 Å². The van der Waals surface area contributed by atoms with Gasteiger partial charge in [0.1, 0.15) is 0 Å². The second-order valence-electron chi connectivity index (χ2n) is 6.47. The van der Waals surface area contributed by atoms with Gasteiger partial charge in [-0.3, -0.25) is 9.59 Å². The molecular weight excluding hydrogens is 350 g/mol. The normalized spacial score (nSPS) is 12.2. The van der Waals surface area contributed by atoms with Gasteiger partial charge in [-0.15, -0.1) is 0 Å². The van der Waals surface area contributed by atoms with Gasteiger partial charge in [-0.05, 0) is 51.8 Å². The fourth-order valence-corrected chi connectivity index (χ4v) is 3.02. The molecule has 140 valence electrons. The second-order valence-corrected chi connectivity index (χ2v) is 7.80. The largest absolute Gasteiger partial charge is 0.373 e. The molecule has 1 heterocycles. The van der Waals surface area contributed by atoms with Gasteiger partial charge in [0.15, 0.2) is 5.16 Å². The van der Waals surface area contributed by atoms with Crippen LogP contribution in [-0.2, 0) is 16.1 Å². The number of carbonyl (C=O) groups excluding carboxylic acids is 1. The summed E-state index contributed by atoms with van der Waals surface area (Å²) < 4.78 is 5.49. The minimum atomic E-state index is -0.417. The number of aryl methyl sites for hydroxylation is 2. The summed E-state index contributed by atoms with van der Waals surface area (Å²) in [7, 11) is 0. The highest BCUT2D eigenvalue weighted by atomic mass is 32.2. The van der Waals surface area contributed by atoms with E-state index in [1.807, 2.05) is 45.9 Å². The number of anilines is 1. The van der Waals surface area contributed by atoms with Crippen LogP contribution >= 0.6 is 11.8 Å². The molecule has 7 heteroatoms. The predicted molar refractivity (Wildman–Crippen MR) is 105 cm³/mol. The number of nitrogens with zero attached hydrogens (tertiary/aromatic N) is 1. The van der Waals surface area contributed by atoms with Gasteiger partial charge in [0, 0.05) is 11.8 Å². The van der Waals surface area contributed by atoms with Crippen molar-refractivity contribution in [2.75, 3.05) is 5.32 Å². The van der Waals surface area contributed by atoms with Gasteiger partial charge in [-0.25, -0.2) is 4.98 Å². The fourth-order valence-electron chi connectivity index (χ4n) is 2.19. The number of aromatic nitrogens is 2. The molecule has 2 rings (SSSR count). The molecule has 1 aromatic heterocycles. The van der Waals surface area contributed by atoms with Crippen LogP contribution in [0.25, 0.3) is 0 Å². The van der Waals surface area contributed by atoms with Crippen molar-refractivity contribution >= 4 is 23.4 Å². The summed E-state index contributed by atoms with van der Waals surface area (Å²) in [4.78, 5) is 31.3. The van der Waals surface area contributed by atoms with E-state index in [0.717, 1.165) is 16.8 Å². The van der Waals surface area contributed by atoms with E-state index < -0.39 is 5.25 Å². The van der Waals surface area contributed by atoms with Crippen molar-refractivity contribution in [3.8, 4) is 0 Å². The van der Waals surface area contributed by atoms with Gasteiger partial charge in [0.2, 0.25) is 5.91 Å². The first-order valence-corrected chi connectivity index (χ1v) is 9.39. The zero-order valence-electron chi connectivity index (χ0n) is 15.8. The topological polar surface area (TPSA) is 84.1 Å². The van der Waals surface area contributed by atoms with Gasteiger partial charge < -0.3 is 15.0 Å². The first kappa shape index (κ1) is 20.2. The quantitative estimate of drug-likeness (QED) is 0.572. The highest BCUT2D eigenvalue weighted by Gasteiger charge is 2.17. The highest BCUT2D eigenvalue weighted by Crippen LogP contribution is 2.22. The van der Waals surface area contributed by atoms with E-state index in [4.69, 9.17) is 4.74 Å². The molecule has 0 aliphatic rings. The second kappa shape index (κ2) is 9.00. The Bertz CT molecular complexity index is 833. The van der Waals surface area contributed by atoms with Crippen LogP contribution in [0.15, 0.2) is 34.2 Å². The van der Waals surface area contributed by atoms with Crippen molar-refractivity contribution in [2.24, 2.45) is 0 Å². The first-order chi connectivity index (χ1) is 12.2. The maximum atomic E-state index is 12.5. The molecular formula is C19H25N3O3S. The number of aromatic amines is 1. The third-order valence-corrected chi connectivity index (χ3v) is 4.63. The van der Waals surface area contributed by atoms with Crippen LogP contribution in [0.1, 0.15) is 37.6 Å². The monoisotopic (exact) mass is 375 g/mol. The van der Waals surface area contributed by atoms with Crippen molar-refractivity contribution in [3.05, 3.63) is 51.4 Å². The average molecular weight is 375 g/mol. The molecule has 2 N–H and O–H groups in total. The van der Waals surface area contributed by atoms with E-state index in [0.29, 0.717) is 10.9 Å². The lowest BCUT2D eigenvalue weighted by Crippen LogP contribution is -2.24. The molecule has 1 amide bonds. The zero-order chi connectivity index (χ0) is 19.3. The summed E-state index contributed by atoms with van der Waals surface area (Å²) in [6.07, 6.45) is 0.0504. The predicted octanol–water partition coefficient (Wildman–Crippen LogP) is 3.43. The Morgan fingerprint density at radius 3 is 2.69 bits per heavy atom. The van der Waals surface area contributed by atoms with Gasteiger partial charge in [0.05, 0.1) is 23.7 Å². The lowest BCUT2D eigenvalue weighted by atomic mass is 10.1. The molecule has 0 aliphatic heterocycles. The van der Waals surface area contributed by atoms with Gasteiger partial charge in [0.25, 0.3) is 5.56 Å². The molecule has 0 bridgehead atoms. The molecule has 0 spiro atoms. The molecule has 2 aromatic rings. The van der Waals surface area contributed by atoms with Crippen molar-refractivity contribution in [2.45, 2.75) is 57.7 Å². The van der Waals surface area contributed by atoms with Crippen LogP contribution in [-0.4, -0.2) is 27.2 Å². The Balaban J connectivity index is 2.06. The van der Waals surface area contributed by atoms with Crippen molar-refractivity contribution in [1.82, 2.24) is 9.97 Å². The summed E-state index contributed by atoms with van der Waals surface area (Å²) >= 11 is 1.21. The zero-order valence-corrected chi connectivity index (χ0v) is 16.6. The van der Waals surface area contributed by atoms with Crippen LogP contribution in [0.5, 0.6) is 0 Å². The van der Waals surface area contributed by atoms with Gasteiger partial charge in [-0.2, -0.15) is 0 Å². The van der Waals surface area contributed by atoms with Crippen LogP contribution in [0.4, 0.5) is 5.69 Å². The number of carbonyl (C=O) groups is 1. The molecule has 0 saturated carbocycles. The fraction of sp³-hybridized carbons (Fsp3) is 0.421.